The highest BCUT2D eigenvalue weighted by Crippen LogP contribution is 2.23. The standard InChI is InChI=1S/C10H9NO3/c1-11-8-5-3-2-4-7(8)6-9(11)14-10(12)13/h2-6H,1H3,(H,12,13). The van der Waals surface area contributed by atoms with Crippen LogP contribution in [-0.4, -0.2) is 15.8 Å². The van der Waals surface area contributed by atoms with Gasteiger partial charge in [-0.15, -0.1) is 0 Å². The third kappa shape index (κ3) is 1.31. The van der Waals surface area contributed by atoms with E-state index in [1.54, 1.807) is 17.7 Å². The molecule has 0 bridgehead atoms. The van der Waals surface area contributed by atoms with Crippen LogP contribution < -0.4 is 4.74 Å². The second-order valence-electron chi connectivity index (χ2n) is 2.97. The molecule has 2 rings (SSSR count). The van der Waals surface area contributed by atoms with E-state index in [-0.39, 0.29) is 0 Å². The van der Waals surface area contributed by atoms with E-state index in [1.165, 1.54) is 0 Å². The van der Waals surface area contributed by atoms with Gasteiger partial charge in [0.2, 0.25) is 5.88 Å². The Morgan fingerprint density at radius 1 is 1.43 bits per heavy atom. The molecule has 0 saturated heterocycles. The quantitative estimate of drug-likeness (QED) is 0.703. The van der Waals surface area contributed by atoms with Crippen molar-refractivity contribution in [1.82, 2.24) is 4.57 Å². The third-order valence-electron chi connectivity index (χ3n) is 2.10. The second-order valence-corrected chi connectivity index (χ2v) is 2.97. The topological polar surface area (TPSA) is 51.5 Å². The van der Waals surface area contributed by atoms with Crippen LogP contribution in [-0.2, 0) is 7.05 Å². The molecular weight excluding hydrogens is 182 g/mol. The Kier molecular flexibility index (Phi) is 1.89. The second kappa shape index (κ2) is 3.06. The molecule has 0 fully saturated rings. The van der Waals surface area contributed by atoms with Crippen LogP contribution in [0.1, 0.15) is 0 Å². The van der Waals surface area contributed by atoms with E-state index >= 15 is 0 Å². The number of carbonyl (C=O) groups is 1. The highest BCUT2D eigenvalue weighted by Gasteiger charge is 2.08. The molecule has 4 nitrogen and oxygen atoms in total. The zero-order valence-electron chi connectivity index (χ0n) is 7.60. The summed E-state index contributed by atoms with van der Waals surface area (Å²) in [5.74, 6) is 0.332. The van der Waals surface area contributed by atoms with Crippen molar-refractivity contribution in [2.24, 2.45) is 7.05 Å². The van der Waals surface area contributed by atoms with Crippen molar-refractivity contribution in [3.8, 4) is 5.88 Å². The van der Waals surface area contributed by atoms with Gasteiger partial charge in [-0.25, -0.2) is 4.79 Å². The summed E-state index contributed by atoms with van der Waals surface area (Å²) < 4.78 is 6.31. The Morgan fingerprint density at radius 2 is 2.14 bits per heavy atom. The van der Waals surface area contributed by atoms with Gasteiger partial charge in [-0.3, -0.25) is 0 Å². The molecule has 4 heteroatoms. The number of rotatable bonds is 1. The first-order chi connectivity index (χ1) is 6.68. The zero-order chi connectivity index (χ0) is 10.1. The largest absolute Gasteiger partial charge is 0.512 e. The van der Waals surface area contributed by atoms with Crippen LogP contribution in [0, 0.1) is 0 Å². The fourth-order valence-corrected chi connectivity index (χ4v) is 1.45. The number of aryl methyl sites for hydroxylation is 1. The highest BCUT2D eigenvalue weighted by molar-refractivity contribution is 5.83. The minimum Gasteiger partial charge on any atom is -0.449 e. The minimum absolute atomic E-state index is 0.332. The van der Waals surface area contributed by atoms with E-state index in [1.807, 2.05) is 24.3 Å². The van der Waals surface area contributed by atoms with E-state index in [0.29, 0.717) is 5.88 Å². The number of fused-ring (bicyclic) bond motifs is 1. The van der Waals surface area contributed by atoms with Crippen LogP contribution in [0.4, 0.5) is 4.79 Å². The maximum Gasteiger partial charge on any atom is 0.512 e. The van der Waals surface area contributed by atoms with Crippen molar-refractivity contribution in [2.75, 3.05) is 0 Å². The molecule has 0 aliphatic heterocycles. The van der Waals surface area contributed by atoms with Gasteiger partial charge in [0.1, 0.15) is 0 Å². The summed E-state index contributed by atoms with van der Waals surface area (Å²) in [6.45, 7) is 0. The van der Waals surface area contributed by atoms with Gasteiger partial charge in [-0.05, 0) is 6.07 Å². The van der Waals surface area contributed by atoms with Crippen molar-refractivity contribution >= 4 is 17.1 Å². The SMILES string of the molecule is Cn1c(OC(=O)O)cc2ccccc21. The zero-order valence-corrected chi connectivity index (χ0v) is 7.60. The Bertz CT molecular complexity index is 487. The monoisotopic (exact) mass is 191 g/mol. The number of aromatic nitrogens is 1. The van der Waals surface area contributed by atoms with E-state index in [2.05, 4.69) is 4.74 Å². The minimum atomic E-state index is -1.30. The third-order valence-corrected chi connectivity index (χ3v) is 2.10. The predicted molar refractivity (Wildman–Crippen MR) is 51.6 cm³/mol. The van der Waals surface area contributed by atoms with Gasteiger partial charge in [0.05, 0.1) is 5.52 Å². The Balaban J connectivity index is 2.57. The molecule has 0 radical (unpaired) electrons. The molecule has 1 aromatic carbocycles. The molecule has 72 valence electrons. The lowest BCUT2D eigenvalue weighted by Gasteiger charge is -2.00. The van der Waals surface area contributed by atoms with Gasteiger partial charge in [0, 0.05) is 18.5 Å². The molecular formula is C10H9NO3. The van der Waals surface area contributed by atoms with Crippen LogP contribution in [0.5, 0.6) is 5.88 Å². The van der Waals surface area contributed by atoms with Gasteiger partial charge in [0.25, 0.3) is 0 Å². The summed E-state index contributed by atoms with van der Waals surface area (Å²) in [6.07, 6.45) is -1.30. The molecule has 0 spiro atoms. The molecule has 2 aromatic rings. The normalized spacial score (nSPS) is 10.4. The highest BCUT2D eigenvalue weighted by atomic mass is 16.7. The van der Waals surface area contributed by atoms with Crippen LogP contribution in [0.3, 0.4) is 0 Å². The average Bonchev–Trinajstić information content (AvgIpc) is 2.44. The van der Waals surface area contributed by atoms with Gasteiger partial charge < -0.3 is 14.4 Å². The van der Waals surface area contributed by atoms with E-state index < -0.39 is 6.16 Å². The molecule has 1 N–H and O–H groups in total. The number of hydrogen-bond acceptors (Lipinski definition) is 2. The first-order valence-corrected chi connectivity index (χ1v) is 4.14. The first kappa shape index (κ1) is 8.62. The molecule has 14 heavy (non-hydrogen) atoms. The van der Waals surface area contributed by atoms with Crippen molar-refractivity contribution < 1.29 is 14.6 Å². The summed E-state index contributed by atoms with van der Waals surface area (Å²) in [5, 5.41) is 9.45. The summed E-state index contributed by atoms with van der Waals surface area (Å²) >= 11 is 0. The fraction of sp³-hybridized carbons (Fsp3) is 0.100. The lowest BCUT2D eigenvalue weighted by molar-refractivity contribution is 0.141. The Hall–Kier alpha value is -1.97. The Labute approximate surface area is 80.3 Å². The fourth-order valence-electron chi connectivity index (χ4n) is 1.45. The average molecular weight is 191 g/mol. The van der Waals surface area contributed by atoms with Crippen LogP contribution in [0.2, 0.25) is 0 Å². The van der Waals surface area contributed by atoms with Crippen molar-refractivity contribution in [3.63, 3.8) is 0 Å². The van der Waals surface area contributed by atoms with Crippen molar-refractivity contribution in [2.45, 2.75) is 0 Å². The molecule has 0 atom stereocenters. The molecule has 1 aromatic heterocycles. The maximum atomic E-state index is 10.4. The lowest BCUT2D eigenvalue weighted by Crippen LogP contribution is -2.05. The van der Waals surface area contributed by atoms with Crippen molar-refractivity contribution in [1.29, 1.82) is 0 Å². The van der Waals surface area contributed by atoms with Gasteiger partial charge in [-0.1, -0.05) is 18.2 Å². The summed E-state index contributed by atoms with van der Waals surface area (Å²) in [5.41, 5.74) is 0.948. The number of para-hydroxylation sites is 1. The number of hydrogen-bond donors (Lipinski definition) is 1. The molecule has 0 unspecified atom stereocenters. The number of benzene rings is 1. The first-order valence-electron chi connectivity index (χ1n) is 4.14. The van der Waals surface area contributed by atoms with Gasteiger partial charge >= 0.3 is 6.16 Å². The van der Waals surface area contributed by atoms with E-state index in [9.17, 15) is 4.79 Å². The molecule has 0 aliphatic carbocycles. The van der Waals surface area contributed by atoms with Gasteiger partial charge in [0.15, 0.2) is 0 Å². The summed E-state index contributed by atoms with van der Waals surface area (Å²) in [7, 11) is 1.76. The Morgan fingerprint density at radius 3 is 2.79 bits per heavy atom. The van der Waals surface area contributed by atoms with Crippen LogP contribution >= 0.6 is 0 Å². The predicted octanol–water partition coefficient (Wildman–Crippen LogP) is 2.24. The lowest BCUT2D eigenvalue weighted by atomic mass is 10.2. The van der Waals surface area contributed by atoms with Gasteiger partial charge in [-0.2, -0.15) is 0 Å². The number of ether oxygens (including phenoxy) is 1. The van der Waals surface area contributed by atoms with Crippen LogP contribution in [0.15, 0.2) is 30.3 Å². The molecule has 0 aliphatic rings. The molecule has 0 amide bonds. The summed E-state index contributed by atoms with van der Waals surface area (Å²) in [4.78, 5) is 10.4. The summed E-state index contributed by atoms with van der Waals surface area (Å²) in [6, 6.07) is 9.30. The van der Waals surface area contributed by atoms with Crippen LogP contribution in [0.25, 0.3) is 10.9 Å². The number of nitrogens with zero attached hydrogens (tertiary/aromatic N) is 1. The van der Waals surface area contributed by atoms with Crippen molar-refractivity contribution in [3.05, 3.63) is 30.3 Å². The maximum absolute atomic E-state index is 10.4. The molecule has 1 heterocycles. The van der Waals surface area contributed by atoms with E-state index in [4.69, 9.17) is 5.11 Å². The smallest absolute Gasteiger partial charge is 0.449 e. The number of carboxylic acid groups (broad SMARTS) is 1. The molecule has 0 saturated carbocycles. The van der Waals surface area contributed by atoms with E-state index in [0.717, 1.165) is 10.9 Å².